The number of ether oxygens (including phenoxy) is 1. The molecule has 3 atom stereocenters. The highest BCUT2D eigenvalue weighted by Gasteiger charge is 2.27. The standard InChI is InChI=1S/C31H38N6O5/c1-3-8-25(32)29(39)36-37-31(41)35-27(18-20-13-15-23(16-14-20)22-10-5-4-6-11-22)30(40)34-26(28(33)38)19-21-9-7-12-24(17-21)42-2/h4-7,9-17,25-27H,3,8,18-19,32H2,1-2H3,(H2,33,38)(H,34,40)(H,36,39)(H2,35,37,41)/t25-,26+,27+/m1/s1. The average molecular weight is 575 g/mol. The molecular weight excluding hydrogens is 536 g/mol. The van der Waals surface area contributed by atoms with Gasteiger partial charge in [-0.25, -0.2) is 10.2 Å². The van der Waals surface area contributed by atoms with Crippen molar-refractivity contribution in [2.75, 3.05) is 7.11 Å². The van der Waals surface area contributed by atoms with Crippen LogP contribution in [0.5, 0.6) is 5.75 Å². The zero-order valence-corrected chi connectivity index (χ0v) is 23.8. The Labute approximate surface area is 245 Å². The minimum atomic E-state index is -1.11. The van der Waals surface area contributed by atoms with Gasteiger partial charge in [-0.15, -0.1) is 0 Å². The van der Waals surface area contributed by atoms with Crippen LogP contribution in [0.25, 0.3) is 11.1 Å². The molecule has 11 nitrogen and oxygen atoms in total. The summed E-state index contributed by atoms with van der Waals surface area (Å²) in [7, 11) is 1.53. The van der Waals surface area contributed by atoms with Crippen LogP contribution in [0.4, 0.5) is 4.79 Å². The number of hydrogen-bond donors (Lipinski definition) is 6. The van der Waals surface area contributed by atoms with Crippen LogP contribution < -0.4 is 37.7 Å². The second kappa shape index (κ2) is 15.8. The third-order valence-electron chi connectivity index (χ3n) is 6.59. The molecule has 3 rings (SSSR count). The van der Waals surface area contributed by atoms with Gasteiger partial charge < -0.3 is 26.8 Å². The maximum absolute atomic E-state index is 13.4. The molecule has 0 radical (unpaired) electrons. The van der Waals surface area contributed by atoms with E-state index in [9.17, 15) is 19.2 Å². The van der Waals surface area contributed by atoms with E-state index in [0.29, 0.717) is 18.6 Å². The van der Waals surface area contributed by atoms with E-state index >= 15 is 0 Å². The lowest BCUT2D eigenvalue weighted by molar-refractivity contribution is -0.128. The third kappa shape index (κ3) is 9.63. The van der Waals surface area contributed by atoms with Gasteiger partial charge in [0.2, 0.25) is 11.8 Å². The number of benzene rings is 3. The fraction of sp³-hybridized carbons (Fsp3) is 0.290. The summed E-state index contributed by atoms with van der Waals surface area (Å²) in [4.78, 5) is 50.5. The van der Waals surface area contributed by atoms with Gasteiger partial charge in [0.05, 0.1) is 13.2 Å². The molecular formula is C31H38N6O5. The Hall–Kier alpha value is -4.90. The first-order valence-electron chi connectivity index (χ1n) is 13.7. The number of carbonyl (C=O) groups is 4. The molecule has 8 N–H and O–H groups in total. The Balaban J connectivity index is 1.75. The van der Waals surface area contributed by atoms with E-state index in [1.54, 1.807) is 24.3 Å². The van der Waals surface area contributed by atoms with E-state index in [2.05, 4.69) is 21.5 Å². The predicted molar refractivity (Wildman–Crippen MR) is 160 cm³/mol. The molecule has 0 aliphatic carbocycles. The maximum Gasteiger partial charge on any atom is 0.334 e. The normalized spacial score (nSPS) is 12.7. The lowest BCUT2D eigenvalue weighted by Gasteiger charge is -2.23. The average Bonchev–Trinajstić information content (AvgIpc) is 3.00. The van der Waals surface area contributed by atoms with Crippen LogP contribution in [0.1, 0.15) is 30.9 Å². The van der Waals surface area contributed by atoms with Crippen LogP contribution in [0.15, 0.2) is 78.9 Å². The summed E-state index contributed by atoms with van der Waals surface area (Å²) >= 11 is 0. The largest absolute Gasteiger partial charge is 0.497 e. The minimum Gasteiger partial charge on any atom is -0.497 e. The van der Waals surface area contributed by atoms with Crippen molar-refractivity contribution in [3.63, 3.8) is 0 Å². The number of nitrogens with one attached hydrogen (secondary N) is 4. The molecule has 11 heteroatoms. The summed E-state index contributed by atoms with van der Waals surface area (Å²) < 4.78 is 5.24. The van der Waals surface area contributed by atoms with Crippen molar-refractivity contribution < 1.29 is 23.9 Å². The first-order valence-corrected chi connectivity index (χ1v) is 13.7. The molecule has 222 valence electrons. The van der Waals surface area contributed by atoms with Crippen molar-refractivity contribution in [1.82, 2.24) is 21.5 Å². The minimum absolute atomic E-state index is 0.0995. The SMILES string of the molecule is CCC[C@@H](N)C(=O)NNC(=O)N[C@@H](Cc1ccc(-c2ccccc2)cc1)C(=O)N[C@@H](Cc1cccc(OC)c1)C(N)=O. The first kappa shape index (κ1) is 31.6. The molecule has 0 saturated carbocycles. The van der Waals surface area contributed by atoms with Gasteiger partial charge in [-0.1, -0.05) is 80.1 Å². The van der Waals surface area contributed by atoms with Crippen LogP contribution in [0.2, 0.25) is 0 Å². The van der Waals surface area contributed by atoms with Gasteiger partial charge in [0, 0.05) is 12.8 Å². The topological polar surface area (TPSA) is 178 Å². The molecule has 0 aromatic heterocycles. The first-order chi connectivity index (χ1) is 20.2. The Bertz CT molecular complexity index is 1350. The van der Waals surface area contributed by atoms with Crippen LogP contribution in [-0.2, 0) is 27.2 Å². The van der Waals surface area contributed by atoms with Gasteiger partial charge in [-0.05, 0) is 40.8 Å². The third-order valence-corrected chi connectivity index (χ3v) is 6.59. The number of hydrazine groups is 1. The number of nitrogens with two attached hydrogens (primary N) is 2. The molecule has 5 amide bonds. The molecule has 0 spiro atoms. The summed E-state index contributed by atoms with van der Waals surface area (Å²) in [5.41, 5.74) is 19.4. The van der Waals surface area contributed by atoms with Gasteiger partial charge >= 0.3 is 6.03 Å². The van der Waals surface area contributed by atoms with Crippen LogP contribution in [0, 0.1) is 0 Å². The zero-order chi connectivity index (χ0) is 30.5. The van der Waals surface area contributed by atoms with Gasteiger partial charge in [-0.3, -0.25) is 19.8 Å². The van der Waals surface area contributed by atoms with E-state index in [0.717, 1.165) is 22.3 Å². The summed E-state index contributed by atoms with van der Waals surface area (Å²) in [6.07, 6.45) is 1.36. The molecule has 3 aromatic carbocycles. The molecule has 3 aromatic rings. The second-order valence-corrected chi connectivity index (χ2v) is 9.82. The summed E-state index contributed by atoms with van der Waals surface area (Å²) in [5, 5.41) is 5.24. The number of hydrogen-bond acceptors (Lipinski definition) is 6. The number of carbonyl (C=O) groups excluding carboxylic acids is 4. The molecule has 0 aliphatic rings. The number of amides is 5. The maximum atomic E-state index is 13.4. The second-order valence-electron chi connectivity index (χ2n) is 9.82. The summed E-state index contributed by atoms with van der Waals surface area (Å²) in [6, 6.07) is 20.6. The van der Waals surface area contributed by atoms with Crippen molar-refractivity contribution in [3.8, 4) is 16.9 Å². The molecule has 0 fully saturated rings. The van der Waals surface area contributed by atoms with E-state index < -0.39 is 41.9 Å². The smallest absolute Gasteiger partial charge is 0.334 e. The van der Waals surface area contributed by atoms with Crippen molar-refractivity contribution in [2.45, 2.75) is 50.7 Å². The van der Waals surface area contributed by atoms with Crippen molar-refractivity contribution in [1.29, 1.82) is 0 Å². The number of rotatable bonds is 13. The Morgan fingerprint density at radius 1 is 0.762 bits per heavy atom. The number of methoxy groups -OCH3 is 1. The summed E-state index contributed by atoms with van der Waals surface area (Å²) in [5.74, 6) is -1.33. The molecule has 0 heterocycles. The lowest BCUT2D eigenvalue weighted by Crippen LogP contribution is -2.58. The highest BCUT2D eigenvalue weighted by Crippen LogP contribution is 2.20. The van der Waals surface area contributed by atoms with Crippen molar-refractivity contribution in [3.05, 3.63) is 90.0 Å². The molecule has 42 heavy (non-hydrogen) atoms. The van der Waals surface area contributed by atoms with E-state index in [4.69, 9.17) is 16.2 Å². The fourth-order valence-corrected chi connectivity index (χ4v) is 4.29. The van der Waals surface area contributed by atoms with Gasteiger partial charge in [0.1, 0.15) is 17.8 Å². The van der Waals surface area contributed by atoms with Gasteiger partial charge in [0.25, 0.3) is 5.91 Å². The van der Waals surface area contributed by atoms with Crippen LogP contribution in [-0.4, -0.2) is 49.0 Å². The molecule has 0 unspecified atom stereocenters. The Morgan fingerprint density at radius 2 is 1.43 bits per heavy atom. The van der Waals surface area contributed by atoms with Crippen molar-refractivity contribution in [2.24, 2.45) is 11.5 Å². The van der Waals surface area contributed by atoms with E-state index in [1.807, 2.05) is 61.5 Å². The highest BCUT2D eigenvalue weighted by atomic mass is 16.5. The molecule has 0 bridgehead atoms. The Kier molecular flexibility index (Phi) is 11.9. The quantitative estimate of drug-likeness (QED) is 0.170. The number of urea groups is 1. The summed E-state index contributed by atoms with van der Waals surface area (Å²) in [6.45, 7) is 1.89. The van der Waals surface area contributed by atoms with E-state index in [1.165, 1.54) is 7.11 Å². The van der Waals surface area contributed by atoms with Crippen LogP contribution >= 0.6 is 0 Å². The number of primary amides is 1. The van der Waals surface area contributed by atoms with Gasteiger partial charge in [-0.2, -0.15) is 0 Å². The monoisotopic (exact) mass is 574 g/mol. The van der Waals surface area contributed by atoms with Gasteiger partial charge in [0.15, 0.2) is 0 Å². The molecule has 0 saturated heterocycles. The zero-order valence-electron chi connectivity index (χ0n) is 23.8. The molecule has 0 aliphatic heterocycles. The lowest BCUT2D eigenvalue weighted by atomic mass is 9.99. The fourth-order valence-electron chi connectivity index (χ4n) is 4.29. The van der Waals surface area contributed by atoms with Crippen LogP contribution in [0.3, 0.4) is 0 Å². The highest BCUT2D eigenvalue weighted by molar-refractivity contribution is 5.92. The van der Waals surface area contributed by atoms with E-state index in [-0.39, 0.29) is 12.8 Å². The predicted octanol–water partition coefficient (Wildman–Crippen LogP) is 1.94. The Morgan fingerprint density at radius 3 is 2.07 bits per heavy atom. The van der Waals surface area contributed by atoms with Crippen molar-refractivity contribution >= 4 is 23.8 Å².